The number of halogens is 1. The van der Waals surface area contributed by atoms with Crippen LogP contribution in [-0.4, -0.2) is 31.2 Å². The van der Waals surface area contributed by atoms with E-state index < -0.39 is 0 Å². The van der Waals surface area contributed by atoms with Gasteiger partial charge < -0.3 is 4.74 Å². The Morgan fingerprint density at radius 1 is 1.12 bits per heavy atom. The lowest BCUT2D eigenvalue weighted by Crippen LogP contribution is -2.22. The molecule has 2 nitrogen and oxygen atoms in total. The second kappa shape index (κ2) is 4.15. The third kappa shape index (κ3) is 1.97. The van der Waals surface area contributed by atoms with Crippen molar-refractivity contribution >= 4 is 0 Å². The molecule has 0 bridgehead atoms. The van der Waals surface area contributed by atoms with Gasteiger partial charge >= 0.3 is 0 Å². The third-order valence-corrected chi connectivity index (χ3v) is 3.64. The summed E-state index contributed by atoms with van der Waals surface area (Å²) < 4.78 is 18.2. The lowest BCUT2D eigenvalue weighted by atomic mass is 10.0. The summed E-state index contributed by atoms with van der Waals surface area (Å²) in [4.78, 5) is 2.45. The van der Waals surface area contributed by atoms with Gasteiger partial charge in [-0.05, 0) is 17.7 Å². The summed E-state index contributed by atoms with van der Waals surface area (Å²) in [5, 5.41) is 0. The number of nitrogens with zero attached hydrogens (tertiary/aromatic N) is 1. The van der Waals surface area contributed by atoms with Crippen LogP contribution in [0.5, 0.6) is 0 Å². The lowest BCUT2D eigenvalue weighted by molar-refractivity contribution is 0.153. The zero-order valence-corrected chi connectivity index (χ0v) is 9.23. The van der Waals surface area contributed by atoms with Crippen molar-refractivity contribution in [3.63, 3.8) is 0 Å². The maximum Gasteiger partial charge on any atom is 0.123 e. The molecule has 0 aliphatic carbocycles. The number of benzene rings is 1. The molecule has 86 valence electrons. The Morgan fingerprint density at radius 3 is 2.38 bits per heavy atom. The minimum Gasteiger partial charge on any atom is -0.381 e. The van der Waals surface area contributed by atoms with Crippen LogP contribution in [0.25, 0.3) is 0 Å². The molecule has 2 heterocycles. The molecule has 16 heavy (non-hydrogen) atoms. The molecular weight excluding hydrogens is 205 g/mol. The van der Waals surface area contributed by atoms with Crippen molar-refractivity contribution in [2.75, 3.05) is 26.3 Å². The number of rotatable bonds is 2. The molecule has 2 aliphatic heterocycles. The van der Waals surface area contributed by atoms with E-state index in [1.165, 1.54) is 17.7 Å². The van der Waals surface area contributed by atoms with E-state index in [-0.39, 0.29) is 5.82 Å². The number of hydrogen-bond acceptors (Lipinski definition) is 2. The highest BCUT2D eigenvalue weighted by atomic mass is 19.1. The smallest absolute Gasteiger partial charge is 0.123 e. The molecule has 2 fully saturated rings. The Morgan fingerprint density at radius 2 is 1.75 bits per heavy atom. The Bertz CT molecular complexity index is 353. The Labute approximate surface area is 95.0 Å². The van der Waals surface area contributed by atoms with E-state index >= 15 is 0 Å². The Hall–Kier alpha value is -0.930. The first-order valence-corrected chi connectivity index (χ1v) is 5.86. The van der Waals surface area contributed by atoms with Crippen LogP contribution in [0.4, 0.5) is 4.39 Å². The highest BCUT2D eigenvalue weighted by Crippen LogP contribution is 2.29. The van der Waals surface area contributed by atoms with Gasteiger partial charge in [-0.1, -0.05) is 12.1 Å². The number of ether oxygens (including phenoxy) is 1. The Balaban J connectivity index is 1.62. The highest BCUT2D eigenvalue weighted by Gasteiger charge is 2.36. The molecule has 2 atom stereocenters. The molecule has 0 N–H and O–H groups in total. The van der Waals surface area contributed by atoms with Gasteiger partial charge in [0.05, 0.1) is 13.2 Å². The normalized spacial score (nSPS) is 29.6. The molecule has 0 radical (unpaired) electrons. The second-order valence-electron chi connectivity index (χ2n) is 4.88. The Kier molecular flexibility index (Phi) is 2.65. The first-order chi connectivity index (χ1) is 7.81. The maximum absolute atomic E-state index is 12.8. The van der Waals surface area contributed by atoms with Crippen LogP contribution < -0.4 is 0 Å². The van der Waals surface area contributed by atoms with Gasteiger partial charge in [-0.3, -0.25) is 4.90 Å². The van der Waals surface area contributed by atoms with E-state index in [0.717, 1.165) is 44.7 Å². The van der Waals surface area contributed by atoms with Crippen LogP contribution in [0.3, 0.4) is 0 Å². The summed E-state index contributed by atoms with van der Waals surface area (Å²) in [6.07, 6.45) is 0. The molecule has 3 rings (SSSR count). The maximum atomic E-state index is 12.8. The van der Waals surface area contributed by atoms with Crippen LogP contribution in [0.2, 0.25) is 0 Å². The van der Waals surface area contributed by atoms with Crippen LogP contribution >= 0.6 is 0 Å². The minimum absolute atomic E-state index is 0.157. The predicted molar refractivity (Wildman–Crippen MR) is 59.5 cm³/mol. The monoisotopic (exact) mass is 221 g/mol. The van der Waals surface area contributed by atoms with Crippen molar-refractivity contribution in [1.82, 2.24) is 4.90 Å². The van der Waals surface area contributed by atoms with Crippen LogP contribution in [0, 0.1) is 17.7 Å². The fourth-order valence-corrected chi connectivity index (χ4v) is 2.76. The summed E-state index contributed by atoms with van der Waals surface area (Å²) in [6, 6.07) is 6.82. The molecule has 0 saturated carbocycles. The van der Waals surface area contributed by atoms with Crippen molar-refractivity contribution < 1.29 is 9.13 Å². The molecule has 2 unspecified atom stereocenters. The van der Waals surface area contributed by atoms with Gasteiger partial charge in [0, 0.05) is 31.5 Å². The standard InChI is InChI=1S/C13H16FNO/c14-13-3-1-10(2-4-13)5-15-6-11-8-16-9-12(11)7-15/h1-4,11-12H,5-9H2. The van der Waals surface area contributed by atoms with Gasteiger partial charge in [0.1, 0.15) is 5.82 Å². The molecule has 1 aromatic carbocycles. The largest absolute Gasteiger partial charge is 0.381 e. The third-order valence-electron chi connectivity index (χ3n) is 3.64. The van der Waals surface area contributed by atoms with E-state index in [2.05, 4.69) is 4.90 Å². The van der Waals surface area contributed by atoms with Gasteiger partial charge in [-0.25, -0.2) is 4.39 Å². The van der Waals surface area contributed by atoms with Crippen molar-refractivity contribution in [2.45, 2.75) is 6.54 Å². The van der Waals surface area contributed by atoms with E-state index in [0.29, 0.717) is 0 Å². The van der Waals surface area contributed by atoms with Crippen molar-refractivity contribution in [1.29, 1.82) is 0 Å². The van der Waals surface area contributed by atoms with Crippen LogP contribution in [0.1, 0.15) is 5.56 Å². The first-order valence-electron chi connectivity index (χ1n) is 5.86. The fraction of sp³-hybridized carbons (Fsp3) is 0.538. The first kappa shape index (κ1) is 10.2. The molecular formula is C13H16FNO. The van der Waals surface area contributed by atoms with Crippen molar-refractivity contribution in [3.05, 3.63) is 35.6 Å². The van der Waals surface area contributed by atoms with E-state index in [4.69, 9.17) is 4.74 Å². The SMILES string of the molecule is Fc1ccc(CN2CC3COCC3C2)cc1. The van der Waals surface area contributed by atoms with Crippen LogP contribution in [0.15, 0.2) is 24.3 Å². The average molecular weight is 221 g/mol. The molecule has 0 amide bonds. The van der Waals surface area contributed by atoms with E-state index in [1.807, 2.05) is 12.1 Å². The number of hydrogen-bond donors (Lipinski definition) is 0. The van der Waals surface area contributed by atoms with Gasteiger partial charge in [-0.15, -0.1) is 0 Å². The molecule has 2 saturated heterocycles. The average Bonchev–Trinajstić information content (AvgIpc) is 2.81. The number of fused-ring (bicyclic) bond motifs is 1. The quantitative estimate of drug-likeness (QED) is 0.756. The molecule has 0 aromatic heterocycles. The molecule has 1 aromatic rings. The predicted octanol–water partition coefficient (Wildman–Crippen LogP) is 1.90. The van der Waals surface area contributed by atoms with Crippen molar-refractivity contribution in [3.8, 4) is 0 Å². The van der Waals surface area contributed by atoms with Gasteiger partial charge in [0.25, 0.3) is 0 Å². The summed E-state index contributed by atoms with van der Waals surface area (Å²) in [7, 11) is 0. The number of likely N-dealkylation sites (tertiary alicyclic amines) is 1. The van der Waals surface area contributed by atoms with Crippen LogP contribution in [-0.2, 0) is 11.3 Å². The van der Waals surface area contributed by atoms with Gasteiger partial charge in [0.15, 0.2) is 0 Å². The van der Waals surface area contributed by atoms with Gasteiger partial charge in [-0.2, -0.15) is 0 Å². The topological polar surface area (TPSA) is 12.5 Å². The molecule has 2 aliphatic rings. The minimum atomic E-state index is -0.157. The zero-order valence-electron chi connectivity index (χ0n) is 9.23. The summed E-state index contributed by atoms with van der Waals surface area (Å²) in [5.74, 6) is 1.29. The second-order valence-corrected chi connectivity index (χ2v) is 4.88. The van der Waals surface area contributed by atoms with Crippen molar-refractivity contribution in [2.24, 2.45) is 11.8 Å². The van der Waals surface area contributed by atoms with E-state index in [9.17, 15) is 4.39 Å². The lowest BCUT2D eigenvalue weighted by Gasteiger charge is -2.16. The fourth-order valence-electron chi connectivity index (χ4n) is 2.76. The van der Waals surface area contributed by atoms with Gasteiger partial charge in [0.2, 0.25) is 0 Å². The summed E-state index contributed by atoms with van der Waals surface area (Å²) in [6.45, 7) is 5.03. The summed E-state index contributed by atoms with van der Waals surface area (Å²) >= 11 is 0. The zero-order chi connectivity index (χ0) is 11.0. The molecule has 0 spiro atoms. The highest BCUT2D eigenvalue weighted by molar-refractivity contribution is 5.16. The summed E-state index contributed by atoms with van der Waals surface area (Å²) in [5.41, 5.74) is 1.20. The van der Waals surface area contributed by atoms with E-state index in [1.54, 1.807) is 0 Å². The molecule has 3 heteroatoms.